The van der Waals surface area contributed by atoms with E-state index >= 15 is 0 Å². The van der Waals surface area contributed by atoms with Gasteiger partial charge in [-0.2, -0.15) is 5.10 Å². The fourth-order valence-electron chi connectivity index (χ4n) is 2.43. The van der Waals surface area contributed by atoms with Crippen LogP contribution in [0.15, 0.2) is 34.9 Å². The Bertz CT molecular complexity index is 828. The fourth-order valence-corrected chi connectivity index (χ4v) is 2.79. The van der Waals surface area contributed by atoms with Crippen molar-refractivity contribution in [1.29, 1.82) is 0 Å². The Labute approximate surface area is 136 Å². The summed E-state index contributed by atoms with van der Waals surface area (Å²) in [6.07, 6.45) is 2.89. The molecular weight excluding hydrogens is 347 g/mol. The first-order chi connectivity index (χ1) is 10.6. The van der Waals surface area contributed by atoms with Gasteiger partial charge in [0.15, 0.2) is 0 Å². The minimum absolute atomic E-state index is 0.308. The standard InChI is InChI=1S/C16H16BrFN4/c1-3-14-11(9-22(2)21-14)8-19-16-5-4-10-6-12(17)13(18)7-15(10)20-16/h4-7,9H,3,8H2,1-2H3,(H,19,20). The van der Waals surface area contributed by atoms with E-state index in [1.807, 2.05) is 30.1 Å². The topological polar surface area (TPSA) is 42.7 Å². The summed E-state index contributed by atoms with van der Waals surface area (Å²) >= 11 is 3.19. The third-order valence-electron chi connectivity index (χ3n) is 3.52. The van der Waals surface area contributed by atoms with Gasteiger partial charge < -0.3 is 5.32 Å². The SMILES string of the molecule is CCc1nn(C)cc1CNc1ccc2cc(Br)c(F)cc2n1. The van der Waals surface area contributed by atoms with Crippen molar-refractivity contribution in [3.05, 3.63) is 52.0 Å². The van der Waals surface area contributed by atoms with Gasteiger partial charge in [0.25, 0.3) is 0 Å². The number of fused-ring (bicyclic) bond motifs is 1. The van der Waals surface area contributed by atoms with Crippen LogP contribution in [0.25, 0.3) is 10.9 Å². The van der Waals surface area contributed by atoms with Gasteiger partial charge in [-0.3, -0.25) is 4.68 Å². The van der Waals surface area contributed by atoms with Crippen LogP contribution in [0.1, 0.15) is 18.2 Å². The molecule has 1 aromatic carbocycles. The van der Waals surface area contributed by atoms with Crippen molar-refractivity contribution in [2.24, 2.45) is 7.05 Å². The predicted octanol–water partition coefficient (Wildman–Crippen LogP) is 4.04. The molecule has 0 aliphatic rings. The molecule has 2 aromatic heterocycles. The van der Waals surface area contributed by atoms with Crippen molar-refractivity contribution in [3.8, 4) is 0 Å². The Morgan fingerprint density at radius 3 is 2.91 bits per heavy atom. The van der Waals surface area contributed by atoms with E-state index in [4.69, 9.17) is 0 Å². The number of hydrogen-bond donors (Lipinski definition) is 1. The number of nitrogens with one attached hydrogen (secondary N) is 1. The maximum atomic E-state index is 13.6. The molecule has 2 heterocycles. The summed E-state index contributed by atoms with van der Waals surface area (Å²) in [6, 6.07) is 7.00. The zero-order valence-electron chi connectivity index (χ0n) is 12.4. The number of benzene rings is 1. The number of pyridine rings is 1. The van der Waals surface area contributed by atoms with E-state index in [1.165, 1.54) is 6.07 Å². The smallest absolute Gasteiger partial charge is 0.139 e. The van der Waals surface area contributed by atoms with E-state index in [9.17, 15) is 4.39 Å². The molecule has 3 aromatic rings. The number of rotatable bonds is 4. The van der Waals surface area contributed by atoms with E-state index in [2.05, 4.69) is 38.3 Å². The van der Waals surface area contributed by atoms with Gasteiger partial charge in [0.05, 0.1) is 15.7 Å². The van der Waals surface area contributed by atoms with E-state index < -0.39 is 0 Å². The van der Waals surface area contributed by atoms with Gasteiger partial charge in [-0.1, -0.05) is 6.92 Å². The maximum Gasteiger partial charge on any atom is 0.139 e. The van der Waals surface area contributed by atoms with Crippen LogP contribution in [0.3, 0.4) is 0 Å². The Morgan fingerprint density at radius 2 is 2.14 bits per heavy atom. The molecule has 1 N–H and O–H groups in total. The number of anilines is 1. The van der Waals surface area contributed by atoms with Crippen LogP contribution >= 0.6 is 15.9 Å². The zero-order chi connectivity index (χ0) is 15.7. The molecule has 22 heavy (non-hydrogen) atoms. The zero-order valence-corrected chi connectivity index (χ0v) is 14.0. The Kier molecular flexibility index (Phi) is 4.11. The second kappa shape index (κ2) is 6.04. The molecule has 0 amide bonds. The Balaban J connectivity index is 1.83. The van der Waals surface area contributed by atoms with E-state index in [0.29, 0.717) is 16.5 Å². The maximum absolute atomic E-state index is 13.6. The number of halogens is 2. The second-order valence-electron chi connectivity index (χ2n) is 5.14. The molecule has 0 aliphatic heterocycles. The molecule has 3 rings (SSSR count). The molecule has 0 saturated carbocycles. The lowest BCUT2D eigenvalue weighted by atomic mass is 10.2. The van der Waals surface area contributed by atoms with Crippen LogP contribution in [0.2, 0.25) is 0 Å². The Morgan fingerprint density at radius 1 is 1.32 bits per heavy atom. The molecule has 0 bridgehead atoms. The van der Waals surface area contributed by atoms with Crippen LogP contribution in [-0.2, 0) is 20.0 Å². The minimum atomic E-state index is -0.308. The van der Waals surface area contributed by atoms with Gasteiger partial charge >= 0.3 is 0 Å². The highest BCUT2D eigenvalue weighted by molar-refractivity contribution is 9.10. The Hall–Kier alpha value is -1.95. The summed E-state index contributed by atoms with van der Waals surface area (Å²) in [5.74, 6) is 0.415. The molecular formula is C16H16BrFN4. The van der Waals surface area contributed by atoms with Crippen LogP contribution in [-0.4, -0.2) is 14.8 Å². The molecule has 0 fully saturated rings. The van der Waals surface area contributed by atoms with Crippen molar-refractivity contribution in [2.45, 2.75) is 19.9 Å². The molecule has 0 atom stereocenters. The predicted molar refractivity (Wildman–Crippen MR) is 89.3 cm³/mol. The summed E-state index contributed by atoms with van der Waals surface area (Å²) in [6.45, 7) is 2.73. The molecule has 4 nitrogen and oxygen atoms in total. The van der Waals surface area contributed by atoms with Gasteiger partial charge in [-0.25, -0.2) is 9.37 Å². The van der Waals surface area contributed by atoms with Crippen LogP contribution < -0.4 is 5.32 Å². The largest absolute Gasteiger partial charge is 0.366 e. The number of aromatic nitrogens is 3. The van der Waals surface area contributed by atoms with Crippen LogP contribution in [0.5, 0.6) is 0 Å². The summed E-state index contributed by atoms with van der Waals surface area (Å²) < 4.78 is 15.9. The molecule has 0 radical (unpaired) electrons. The quantitative estimate of drug-likeness (QED) is 0.761. The van der Waals surface area contributed by atoms with Crippen molar-refractivity contribution in [1.82, 2.24) is 14.8 Å². The van der Waals surface area contributed by atoms with Crippen molar-refractivity contribution in [2.75, 3.05) is 5.32 Å². The lowest BCUT2D eigenvalue weighted by Gasteiger charge is -2.07. The van der Waals surface area contributed by atoms with E-state index in [-0.39, 0.29) is 5.82 Å². The lowest BCUT2D eigenvalue weighted by molar-refractivity contribution is 0.623. The van der Waals surface area contributed by atoms with Gasteiger partial charge in [-0.15, -0.1) is 0 Å². The first-order valence-corrected chi connectivity index (χ1v) is 7.87. The molecule has 6 heteroatoms. The summed E-state index contributed by atoms with van der Waals surface area (Å²) in [5.41, 5.74) is 2.85. The monoisotopic (exact) mass is 362 g/mol. The second-order valence-corrected chi connectivity index (χ2v) is 5.99. The van der Waals surface area contributed by atoms with Crippen molar-refractivity contribution in [3.63, 3.8) is 0 Å². The lowest BCUT2D eigenvalue weighted by Crippen LogP contribution is -2.02. The first kappa shape index (κ1) is 15.0. The normalized spacial score (nSPS) is 11.1. The fraction of sp³-hybridized carbons (Fsp3) is 0.250. The highest BCUT2D eigenvalue weighted by atomic mass is 79.9. The molecule has 0 unspecified atom stereocenters. The van der Waals surface area contributed by atoms with E-state index in [1.54, 1.807) is 6.07 Å². The van der Waals surface area contributed by atoms with Gasteiger partial charge in [-0.05, 0) is 40.5 Å². The summed E-state index contributed by atoms with van der Waals surface area (Å²) in [7, 11) is 1.91. The van der Waals surface area contributed by atoms with Gasteiger partial charge in [0.2, 0.25) is 0 Å². The highest BCUT2D eigenvalue weighted by Crippen LogP contribution is 2.23. The third kappa shape index (κ3) is 2.97. The molecule has 0 aliphatic carbocycles. The van der Waals surface area contributed by atoms with Crippen LogP contribution in [0.4, 0.5) is 10.2 Å². The van der Waals surface area contributed by atoms with Crippen LogP contribution in [0, 0.1) is 5.82 Å². The average molecular weight is 363 g/mol. The molecule has 114 valence electrons. The summed E-state index contributed by atoms with van der Waals surface area (Å²) in [4.78, 5) is 4.46. The summed E-state index contributed by atoms with van der Waals surface area (Å²) in [5, 5.41) is 8.59. The van der Waals surface area contributed by atoms with Gasteiger partial charge in [0, 0.05) is 36.8 Å². The van der Waals surface area contributed by atoms with E-state index in [0.717, 1.165) is 28.9 Å². The average Bonchev–Trinajstić information content (AvgIpc) is 2.86. The number of hydrogen-bond acceptors (Lipinski definition) is 3. The van der Waals surface area contributed by atoms with Crippen molar-refractivity contribution >= 4 is 32.7 Å². The third-order valence-corrected chi connectivity index (χ3v) is 4.13. The minimum Gasteiger partial charge on any atom is -0.366 e. The number of aryl methyl sites for hydroxylation is 2. The highest BCUT2D eigenvalue weighted by Gasteiger charge is 2.07. The van der Waals surface area contributed by atoms with Crippen molar-refractivity contribution < 1.29 is 4.39 Å². The molecule has 0 saturated heterocycles. The molecule has 0 spiro atoms. The first-order valence-electron chi connectivity index (χ1n) is 7.08. The van der Waals surface area contributed by atoms with Gasteiger partial charge in [0.1, 0.15) is 11.6 Å². The number of nitrogens with zero attached hydrogens (tertiary/aromatic N) is 3.